The fourth-order valence-electron chi connectivity index (χ4n) is 5.89. The summed E-state index contributed by atoms with van der Waals surface area (Å²) in [6.07, 6.45) is 6.97. The average molecular weight is 619 g/mol. The molecule has 2 saturated heterocycles. The van der Waals surface area contributed by atoms with Crippen molar-refractivity contribution in [2.24, 2.45) is 5.41 Å². The molecule has 3 aromatic rings. The molecule has 0 spiro atoms. The minimum atomic E-state index is -0.443. The van der Waals surface area contributed by atoms with E-state index in [0.29, 0.717) is 38.6 Å². The van der Waals surface area contributed by atoms with E-state index in [1.165, 1.54) is 5.56 Å². The summed E-state index contributed by atoms with van der Waals surface area (Å²) in [5.41, 5.74) is 5.92. The van der Waals surface area contributed by atoms with Crippen molar-refractivity contribution in [1.29, 1.82) is 0 Å². The predicted molar refractivity (Wildman–Crippen MR) is 175 cm³/mol. The van der Waals surface area contributed by atoms with E-state index in [0.717, 1.165) is 59.8 Å². The molecule has 2 fully saturated rings. The number of unbranched alkanes of at least 4 members (excludes halogenated alkanes) is 1. The number of amides is 2. The molecular weight excluding hydrogens is 572 g/mol. The third-order valence-electron chi connectivity index (χ3n) is 8.59. The largest absolute Gasteiger partial charge is 0.493 e. The third kappa shape index (κ3) is 7.83. The number of carbonyl (C=O) groups excluding carboxylic acids is 2. The number of rotatable bonds is 13. The number of nitrogens with zero attached hydrogens (tertiary/aromatic N) is 3. The SMILES string of the molecule is Cc1ncsc1-c1ccc(CNC(=O)C2CCCN2C(=O)C(NCCCCOc2ccncc2C2CNC2)C(C)(C)C)cc1. The lowest BCUT2D eigenvalue weighted by Gasteiger charge is -2.35. The highest BCUT2D eigenvalue weighted by Crippen LogP contribution is 2.30. The van der Waals surface area contributed by atoms with Crippen LogP contribution in [-0.2, 0) is 16.1 Å². The number of ether oxygens (including phenoxy) is 1. The van der Waals surface area contributed by atoms with Gasteiger partial charge in [-0.25, -0.2) is 4.98 Å². The number of hydrogen-bond acceptors (Lipinski definition) is 8. The highest BCUT2D eigenvalue weighted by atomic mass is 32.1. The summed E-state index contributed by atoms with van der Waals surface area (Å²) in [5, 5.41) is 9.91. The van der Waals surface area contributed by atoms with E-state index in [2.05, 4.69) is 58.8 Å². The van der Waals surface area contributed by atoms with E-state index in [4.69, 9.17) is 4.74 Å². The molecular formula is C34H46N6O3S. The lowest BCUT2D eigenvalue weighted by atomic mass is 9.85. The van der Waals surface area contributed by atoms with Crippen LogP contribution in [0, 0.1) is 12.3 Å². The third-order valence-corrected chi connectivity index (χ3v) is 9.57. The summed E-state index contributed by atoms with van der Waals surface area (Å²) >= 11 is 1.63. The maximum Gasteiger partial charge on any atom is 0.243 e. The van der Waals surface area contributed by atoms with E-state index in [-0.39, 0.29) is 23.3 Å². The number of benzene rings is 1. The van der Waals surface area contributed by atoms with Crippen LogP contribution in [0.2, 0.25) is 0 Å². The quantitative estimate of drug-likeness (QED) is 0.239. The predicted octanol–water partition coefficient (Wildman–Crippen LogP) is 4.67. The first-order chi connectivity index (χ1) is 21.2. The Kier molecular flexibility index (Phi) is 10.7. The molecule has 2 aliphatic rings. The summed E-state index contributed by atoms with van der Waals surface area (Å²) in [4.78, 5) is 38.7. The first-order valence-corrected chi connectivity index (χ1v) is 16.7. The fourth-order valence-corrected chi connectivity index (χ4v) is 6.70. The van der Waals surface area contributed by atoms with E-state index in [1.807, 2.05) is 36.8 Å². The van der Waals surface area contributed by atoms with E-state index < -0.39 is 6.04 Å². The monoisotopic (exact) mass is 618 g/mol. The van der Waals surface area contributed by atoms with Crippen molar-refractivity contribution >= 4 is 23.2 Å². The lowest BCUT2D eigenvalue weighted by molar-refractivity contribution is -0.142. The number of aryl methyl sites for hydroxylation is 1. The smallest absolute Gasteiger partial charge is 0.243 e. The molecule has 2 aromatic heterocycles. The molecule has 4 heterocycles. The zero-order chi connectivity index (χ0) is 31.1. The van der Waals surface area contributed by atoms with Gasteiger partial charge in [-0.3, -0.25) is 14.6 Å². The molecule has 44 heavy (non-hydrogen) atoms. The Morgan fingerprint density at radius 3 is 2.64 bits per heavy atom. The zero-order valence-electron chi connectivity index (χ0n) is 26.4. The number of aromatic nitrogens is 2. The Hall–Kier alpha value is -3.34. The number of nitrogens with one attached hydrogen (secondary N) is 3. The van der Waals surface area contributed by atoms with Gasteiger partial charge in [-0.1, -0.05) is 45.0 Å². The van der Waals surface area contributed by atoms with Crippen LogP contribution in [0.15, 0.2) is 48.2 Å². The van der Waals surface area contributed by atoms with E-state index >= 15 is 0 Å². The van der Waals surface area contributed by atoms with E-state index in [9.17, 15) is 9.59 Å². The number of hydrogen-bond donors (Lipinski definition) is 3. The maximum absolute atomic E-state index is 13.8. The molecule has 3 N–H and O–H groups in total. The molecule has 0 radical (unpaired) electrons. The second-order valence-corrected chi connectivity index (χ2v) is 13.8. The summed E-state index contributed by atoms with van der Waals surface area (Å²) in [6.45, 7) is 12.5. The minimum absolute atomic E-state index is 0.00575. The Morgan fingerprint density at radius 1 is 1.16 bits per heavy atom. The van der Waals surface area contributed by atoms with Gasteiger partial charge in [0.15, 0.2) is 0 Å². The molecule has 2 unspecified atom stereocenters. The van der Waals surface area contributed by atoms with E-state index in [1.54, 1.807) is 22.4 Å². The summed E-state index contributed by atoms with van der Waals surface area (Å²) in [6, 6.07) is 9.35. The lowest BCUT2D eigenvalue weighted by Crippen LogP contribution is -2.56. The molecule has 236 valence electrons. The maximum atomic E-state index is 13.8. The minimum Gasteiger partial charge on any atom is -0.493 e. The van der Waals surface area contributed by atoms with Crippen LogP contribution < -0.4 is 20.7 Å². The van der Waals surface area contributed by atoms with Gasteiger partial charge >= 0.3 is 0 Å². The molecule has 0 aliphatic carbocycles. The summed E-state index contributed by atoms with van der Waals surface area (Å²) < 4.78 is 6.10. The van der Waals surface area contributed by atoms with Gasteiger partial charge in [0.05, 0.1) is 28.7 Å². The molecule has 2 aliphatic heterocycles. The molecule has 0 bridgehead atoms. The van der Waals surface area contributed by atoms with Crippen molar-refractivity contribution in [3.63, 3.8) is 0 Å². The van der Waals surface area contributed by atoms with Gasteiger partial charge in [-0.2, -0.15) is 0 Å². The summed E-state index contributed by atoms with van der Waals surface area (Å²) in [5.74, 6) is 1.31. The van der Waals surface area contributed by atoms with Crippen LogP contribution in [0.3, 0.4) is 0 Å². The van der Waals surface area contributed by atoms with Crippen LogP contribution in [0.1, 0.15) is 69.2 Å². The fraction of sp³-hybridized carbons (Fsp3) is 0.529. The highest BCUT2D eigenvalue weighted by molar-refractivity contribution is 7.13. The van der Waals surface area contributed by atoms with Crippen molar-refractivity contribution in [1.82, 2.24) is 30.8 Å². The van der Waals surface area contributed by atoms with Gasteiger partial charge in [-0.15, -0.1) is 11.3 Å². The Labute approximate surface area is 265 Å². The van der Waals surface area contributed by atoms with Crippen LogP contribution in [0.5, 0.6) is 5.75 Å². The van der Waals surface area contributed by atoms with Crippen molar-refractivity contribution in [2.45, 2.75) is 77.9 Å². The molecule has 2 atom stereocenters. The topological polar surface area (TPSA) is 108 Å². The van der Waals surface area contributed by atoms with Crippen molar-refractivity contribution in [3.8, 4) is 16.2 Å². The van der Waals surface area contributed by atoms with Gasteiger partial charge in [0.1, 0.15) is 11.8 Å². The first-order valence-electron chi connectivity index (χ1n) is 15.8. The number of likely N-dealkylation sites (tertiary alicyclic amines) is 1. The van der Waals surface area contributed by atoms with Gasteiger partial charge in [0, 0.05) is 50.1 Å². The molecule has 1 aromatic carbocycles. The second kappa shape index (κ2) is 14.6. The van der Waals surface area contributed by atoms with Gasteiger partial charge in [-0.05, 0) is 61.8 Å². The normalized spacial score (nSPS) is 17.7. The average Bonchev–Trinajstić information content (AvgIpc) is 3.64. The first kappa shape index (κ1) is 32.1. The van der Waals surface area contributed by atoms with Gasteiger partial charge in [0.2, 0.25) is 11.8 Å². The Balaban J connectivity index is 1.09. The van der Waals surface area contributed by atoms with Crippen molar-refractivity contribution < 1.29 is 14.3 Å². The highest BCUT2D eigenvalue weighted by Gasteiger charge is 2.40. The Morgan fingerprint density at radius 2 is 1.95 bits per heavy atom. The Bertz CT molecular complexity index is 1400. The van der Waals surface area contributed by atoms with Crippen LogP contribution in [0.25, 0.3) is 10.4 Å². The van der Waals surface area contributed by atoms with Gasteiger partial charge in [0.25, 0.3) is 0 Å². The van der Waals surface area contributed by atoms with Crippen LogP contribution in [-0.4, -0.2) is 71.6 Å². The standard InChI is InChI=1S/C34H46N6O3S/c1-23-30(44-22-39-23)25-11-9-24(10-12-25)18-38-32(41)28-8-7-16-40(28)33(42)31(34(2,3)4)37-14-5-6-17-43-29-13-15-35-21-27(29)26-19-36-20-26/h9-13,15,21-22,26,28,31,36-37H,5-8,14,16-20H2,1-4H3,(H,38,41). The summed E-state index contributed by atoms with van der Waals surface area (Å²) in [7, 11) is 0. The molecule has 0 saturated carbocycles. The molecule has 9 nitrogen and oxygen atoms in total. The zero-order valence-corrected chi connectivity index (χ0v) is 27.2. The molecule has 2 amide bonds. The van der Waals surface area contributed by atoms with Crippen LogP contribution >= 0.6 is 11.3 Å². The van der Waals surface area contributed by atoms with Crippen molar-refractivity contribution in [2.75, 3.05) is 32.8 Å². The number of pyridine rings is 1. The second-order valence-electron chi connectivity index (χ2n) is 12.9. The van der Waals surface area contributed by atoms with Crippen molar-refractivity contribution in [3.05, 3.63) is 65.1 Å². The van der Waals surface area contributed by atoms with Crippen LogP contribution in [0.4, 0.5) is 0 Å². The molecule has 5 rings (SSSR count). The molecule has 10 heteroatoms. The van der Waals surface area contributed by atoms with Gasteiger partial charge < -0.3 is 25.6 Å². The number of thiazole rings is 1. The number of carbonyl (C=O) groups is 2.